The van der Waals surface area contributed by atoms with Crippen LogP contribution < -0.4 is 15.4 Å². The highest BCUT2D eigenvalue weighted by molar-refractivity contribution is 5.95. The summed E-state index contributed by atoms with van der Waals surface area (Å²) in [5, 5.41) is 7.38. The zero-order chi connectivity index (χ0) is 13.8. The molecule has 0 bridgehead atoms. The van der Waals surface area contributed by atoms with E-state index >= 15 is 0 Å². The Labute approximate surface area is 112 Å². The van der Waals surface area contributed by atoms with Crippen LogP contribution in [-0.4, -0.2) is 20.0 Å². The van der Waals surface area contributed by atoms with E-state index in [0.717, 1.165) is 22.7 Å². The van der Waals surface area contributed by atoms with Crippen LogP contribution >= 0.6 is 0 Å². The molecule has 0 radical (unpaired) electrons. The number of nitrogens with zero attached hydrogens (tertiary/aromatic N) is 1. The minimum absolute atomic E-state index is 0.0792. The smallest absolute Gasteiger partial charge is 0.122 e. The molecule has 2 aromatic rings. The third kappa shape index (κ3) is 2.85. The maximum atomic E-state index is 7.38. The van der Waals surface area contributed by atoms with Gasteiger partial charge in [0.25, 0.3) is 0 Å². The number of amidine groups is 1. The minimum Gasteiger partial charge on any atom is -0.497 e. The molecule has 0 aliphatic rings. The number of methoxy groups -OCH3 is 1. The van der Waals surface area contributed by atoms with Crippen molar-refractivity contribution in [2.45, 2.75) is 0 Å². The third-order valence-corrected chi connectivity index (χ3v) is 3.01. The molecule has 0 aromatic heterocycles. The molecule has 0 aliphatic carbocycles. The highest BCUT2D eigenvalue weighted by Gasteiger charge is 2.05. The largest absolute Gasteiger partial charge is 0.497 e. The van der Waals surface area contributed by atoms with Gasteiger partial charge in [0.05, 0.1) is 7.11 Å². The van der Waals surface area contributed by atoms with Gasteiger partial charge >= 0.3 is 0 Å². The molecule has 0 atom stereocenters. The van der Waals surface area contributed by atoms with E-state index in [1.807, 2.05) is 60.5 Å². The van der Waals surface area contributed by atoms with Crippen molar-refractivity contribution in [1.29, 1.82) is 5.41 Å². The molecule has 19 heavy (non-hydrogen) atoms. The summed E-state index contributed by atoms with van der Waals surface area (Å²) in [7, 11) is 3.64. The Kier molecular flexibility index (Phi) is 3.71. The van der Waals surface area contributed by atoms with E-state index in [-0.39, 0.29) is 5.84 Å². The fourth-order valence-electron chi connectivity index (χ4n) is 1.83. The zero-order valence-electron chi connectivity index (χ0n) is 11.1. The number of anilines is 2. The summed E-state index contributed by atoms with van der Waals surface area (Å²) in [6, 6.07) is 15.4. The van der Waals surface area contributed by atoms with E-state index in [1.165, 1.54) is 0 Å². The van der Waals surface area contributed by atoms with Crippen molar-refractivity contribution in [2.24, 2.45) is 5.73 Å². The Hall–Kier alpha value is -2.49. The van der Waals surface area contributed by atoms with Crippen LogP contribution in [0.25, 0.3) is 0 Å². The lowest BCUT2D eigenvalue weighted by molar-refractivity contribution is 0.415. The number of hydrogen-bond donors (Lipinski definition) is 2. The van der Waals surface area contributed by atoms with E-state index in [0.29, 0.717) is 0 Å². The van der Waals surface area contributed by atoms with Gasteiger partial charge < -0.3 is 15.4 Å². The third-order valence-electron chi connectivity index (χ3n) is 3.01. The first-order valence-corrected chi connectivity index (χ1v) is 5.94. The van der Waals surface area contributed by atoms with Crippen molar-refractivity contribution in [3.05, 3.63) is 54.1 Å². The average molecular weight is 255 g/mol. The average Bonchev–Trinajstić information content (AvgIpc) is 2.46. The van der Waals surface area contributed by atoms with Crippen molar-refractivity contribution in [3.63, 3.8) is 0 Å². The number of nitrogens with two attached hydrogens (primary N) is 1. The van der Waals surface area contributed by atoms with Crippen molar-refractivity contribution in [3.8, 4) is 5.75 Å². The number of rotatable bonds is 4. The Morgan fingerprint density at radius 2 is 1.79 bits per heavy atom. The molecular formula is C15H17N3O. The standard InChI is InChI=1S/C15H17N3O/c1-18(13-4-3-5-14(10-13)19-2)12-8-6-11(7-9-12)15(16)17/h3-10H,1-2H3,(H3,16,17). The predicted molar refractivity (Wildman–Crippen MR) is 78.5 cm³/mol. The molecule has 4 heteroatoms. The first kappa shape index (κ1) is 13.0. The summed E-state index contributed by atoms with van der Waals surface area (Å²) in [6.45, 7) is 0. The van der Waals surface area contributed by atoms with Crippen LogP contribution in [-0.2, 0) is 0 Å². The van der Waals surface area contributed by atoms with Gasteiger partial charge in [0.1, 0.15) is 11.6 Å². The zero-order valence-corrected chi connectivity index (χ0v) is 11.1. The number of hydrogen-bond acceptors (Lipinski definition) is 3. The highest BCUT2D eigenvalue weighted by Crippen LogP contribution is 2.26. The second-order valence-corrected chi connectivity index (χ2v) is 4.22. The lowest BCUT2D eigenvalue weighted by Gasteiger charge is -2.20. The van der Waals surface area contributed by atoms with Gasteiger partial charge in [-0.3, -0.25) is 5.41 Å². The van der Waals surface area contributed by atoms with E-state index in [2.05, 4.69) is 0 Å². The van der Waals surface area contributed by atoms with Gasteiger partial charge in [-0.05, 0) is 36.4 Å². The molecule has 0 unspecified atom stereocenters. The fourth-order valence-corrected chi connectivity index (χ4v) is 1.83. The topological polar surface area (TPSA) is 62.3 Å². The lowest BCUT2D eigenvalue weighted by Crippen LogP contribution is -2.12. The predicted octanol–water partition coefficient (Wildman–Crippen LogP) is 2.75. The monoisotopic (exact) mass is 255 g/mol. The molecule has 2 rings (SSSR count). The van der Waals surface area contributed by atoms with Crippen LogP contribution in [0.1, 0.15) is 5.56 Å². The molecule has 0 amide bonds. The number of benzene rings is 2. The summed E-state index contributed by atoms with van der Waals surface area (Å²) in [5.74, 6) is 0.903. The second-order valence-electron chi connectivity index (χ2n) is 4.22. The van der Waals surface area contributed by atoms with Crippen LogP contribution in [0.15, 0.2) is 48.5 Å². The van der Waals surface area contributed by atoms with Crippen molar-refractivity contribution in [2.75, 3.05) is 19.1 Å². The number of nitrogens with one attached hydrogen (secondary N) is 1. The second kappa shape index (κ2) is 5.44. The summed E-state index contributed by atoms with van der Waals surface area (Å²) in [4.78, 5) is 2.05. The first-order chi connectivity index (χ1) is 9.11. The van der Waals surface area contributed by atoms with Gasteiger partial charge in [0.15, 0.2) is 0 Å². The van der Waals surface area contributed by atoms with Gasteiger partial charge in [-0.2, -0.15) is 0 Å². The number of nitrogen functional groups attached to an aromatic ring is 1. The molecule has 0 fully saturated rings. The van der Waals surface area contributed by atoms with Gasteiger partial charge in [0.2, 0.25) is 0 Å². The maximum Gasteiger partial charge on any atom is 0.122 e. The molecule has 3 N–H and O–H groups in total. The molecule has 0 heterocycles. The van der Waals surface area contributed by atoms with Crippen molar-refractivity contribution >= 4 is 17.2 Å². The minimum atomic E-state index is 0.0792. The van der Waals surface area contributed by atoms with Crippen LogP contribution in [0, 0.1) is 5.41 Å². The molecule has 4 nitrogen and oxygen atoms in total. The summed E-state index contributed by atoms with van der Waals surface area (Å²) in [5.41, 5.74) is 8.23. The molecule has 2 aromatic carbocycles. The lowest BCUT2D eigenvalue weighted by atomic mass is 10.1. The van der Waals surface area contributed by atoms with E-state index in [1.54, 1.807) is 7.11 Å². The molecule has 0 spiro atoms. The fraction of sp³-hybridized carbons (Fsp3) is 0.133. The van der Waals surface area contributed by atoms with Gasteiger partial charge in [-0.25, -0.2) is 0 Å². The molecule has 0 saturated heterocycles. The van der Waals surface area contributed by atoms with E-state index in [9.17, 15) is 0 Å². The maximum absolute atomic E-state index is 7.38. The quantitative estimate of drug-likeness (QED) is 0.652. The normalized spacial score (nSPS) is 10.0. The first-order valence-electron chi connectivity index (χ1n) is 5.94. The van der Waals surface area contributed by atoms with Crippen LogP contribution in [0.4, 0.5) is 11.4 Å². The Morgan fingerprint density at radius 1 is 1.11 bits per heavy atom. The molecule has 0 saturated carbocycles. The van der Waals surface area contributed by atoms with Gasteiger partial charge in [0, 0.05) is 30.1 Å². The molecule has 0 aliphatic heterocycles. The Balaban J connectivity index is 2.27. The summed E-state index contributed by atoms with van der Waals surface area (Å²) in [6.07, 6.45) is 0. The molecular weight excluding hydrogens is 238 g/mol. The van der Waals surface area contributed by atoms with Crippen molar-refractivity contribution < 1.29 is 4.74 Å². The SMILES string of the molecule is COc1cccc(N(C)c2ccc(C(=N)N)cc2)c1. The van der Waals surface area contributed by atoms with Crippen molar-refractivity contribution in [1.82, 2.24) is 0 Å². The van der Waals surface area contributed by atoms with Gasteiger partial charge in [-0.15, -0.1) is 0 Å². The number of ether oxygens (including phenoxy) is 1. The Bertz CT molecular complexity index is 578. The van der Waals surface area contributed by atoms with Crippen LogP contribution in [0.2, 0.25) is 0 Å². The van der Waals surface area contributed by atoms with Crippen LogP contribution in [0.3, 0.4) is 0 Å². The molecule has 98 valence electrons. The summed E-state index contributed by atoms with van der Waals surface area (Å²) < 4.78 is 5.22. The van der Waals surface area contributed by atoms with Crippen LogP contribution in [0.5, 0.6) is 5.75 Å². The van der Waals surface area contributed by atoms with E-state index < -0.39 is 0 Å². The van der Waals surface area contributed by atoms with E-state index in [4.69, 9.17) is 15.9 Å². The van der Waals surface area contributed by atoms with Gasteiger partial charge in [-0.1, -0.05) is 6.07 Å². The highest BCUT2D eigenvalue weighted by atomic mass is 16.5. The Morgan fingerprint density at radius 3 is 2.37 bits per heavy atom. The summed E-state index contributed by atoms with van der Waals surface area (Å²) >= 11 is 0.